The van der Waals surface area contributed by atoms with Crippen LogP contribution in [0.25, 0.3) is 0 Å². The van der Waals surface area contributed by atoms with E-state index in [-0.39, 0.29) is 17.8 Å². The van der Waals surface area contributed by atoms with Gasteiger partial charge in [-0.1, -0.05) is 27.4 Å². The number of allylic oxidation sites excluding steroid dienone is 1. The van der Waals surface area contributed by atoms with Crippen molar-refractivity contribution in [3.8, 4) is 0 Å². The summed E-state index contributed by atoms with van der Waals surface area (Å²) in [5.41, 5.74) is -0.145. The molecule has 0 aliphatic rings. The van der Waals surface area contributed by atoms with Crippen LogP contribution in [0.3, 0.4) is 0 Å². The molecule has 0 aromatic carbocycles. The van der Waals surface area contributed by atoms with E-state index < -0.39 is 6.80 Å². The van der Waals surface area contributed by atoms with E-state index in [1.807, 2.05) is 0 Å². The van der Waals surface area contributed by atoms with Crippen molar-refractivity contribution in [1.82, 2.24) is 5.32 Å². The number of rotatable bonds is 11. The summed E-state index contributed by atoms with van der Waals surface area (Å²) in [4.78, 5) is 17.4. The first-order valence-corrected chi connectivity index (χ1v) is 9.62. The van der Waals surface area contributed by atoms with Crippen LogP contribution >= 0.6 is 18.2 Å². The molecule has 0 aliphatic carbocycles. The second-order valence-corrected chi connectivity index (χ2v) is 8.83. The van der Waals surface area contributed by atoms with E-state index in [1.165, 1.54) is 0 Å². The maximum atomic E-state index is 10.6. The molecule has 0 atom stereocenters. The average molecular weight is 311 g/mol. The third-order valence-electron chi connectivity index (χ3n) is 2.73. The molecule has 0 unspecified atom stereocenters. The average Bonchev–Trinajstić information content (AvgIpc) is 2.28. The molecule has 0 fully saturated rings. The van der Waals surface area contributed by atoms with Crippen LogP contribution in [0.2, 0.25) is 0 Å². The van der Waals surface area contributed by atoms with Crippen LogP contribution in [0.15, 0.2) is 12.3 Å². The van der Waals surface area contributed by atoms with E-state index in [0.29, 0.717) is 17.1 Å². The molecule has 0 aliphatic heterocycles. The van der Waals surface area contributed by atoms with Crippen LogP contribution in [0.5, 0.6) is 0 Å². The number of nitrogens with one attached hydrogen (secondary N) is 1. The Balaban J connectivity index is 3.87. The first-order valence-electron chi connectivity index (χ1n) is 6.42. The topological polar surface area (TPSA) is 78.8 Å². The third kappa shape index (κ3) is 10.4. The molecule has 5 nitrogen and oxygen atoms in total. The molecule has 0 rings (SSSR count). The Morgan fingerprint density at radius 1 is 1.42 bits per heavy atom. The van der Waals surface area contributed by atoms with E-state index in [1.54, 1.807) is 0 Å². The molecule has 0 amide bonds. The Morgan fingerprint density at radius 3 is 2.58 bits per heavy atom. The third-order valence-corrected chi connectivity index (χ3v) is 4.97. The zero-order chi connectivity index (χ0) is 14.9. The minimum atomic E-state index is -3.99. The van der Waals surface area contributed by atoms with Gasteiger partial charge in [-0.25, -0.2) is 4.57 Å². The molecule has 19 heavy (non-hydrogen) atoms. The molecule has 0 spiro atoms. The molecule has 3 N–H and O–H groups in total. The highest BCUT2D eigenvalue weighted by Gasteiger charge is 2.23. The predicted molar refractivity (Wildman–Crippen MR) is 81.2 cm³/mol. The van der Waals surface area contributed by atoms with E-state index in [0.717, 1.165) is 25.9 Å². The quantitative estimate of drug-likeness (QED) is 0.309. The molecule has 0 radical (unpaired) electrons. The van der Waals surface area contributed by atoms with Crippen LogP contribution in [0.1, 0.15) is 33.6 Å². The van der Waals surface area contributed by atoms with Crippen molar-refractivity contribution in [1.29, 1.82) is 0 Å². The summed E-state index contributed by atoms with van der Waals surface area (Å²) in [7, 11) is 0. The van der Waals surface area contributed by atoms with Gasteiger partial charge in [0.25, 0.3) is 0 Å². The van der Waals surface area contributed by atoms with Crippen LogP contribution < -0.4 is 5.32 Å². The van der Waals surface area contributed by atoms with Crippen molar-refractivity contribution >= 4 is 18.2 Å². The van der Waals surface area contributed by atoms with E-state index >= 15 is 0 Å². The van der Waals surface area contributed by atoms with Gasteiger partial charge < -0.3 is 19.8 Å². The maximum Gasteiger partial charge on any atom is 0.384 e. The first kappa shape index (κ1) is 19.0. The molecule has 0 saturated heterocycles. The molecule has 0 bridgehead atoms. The molecule has 0 aromatic heterocycles. The molecule has 0 aromatic rings. The molecule has 7 heteroatoms. The van der Waals surface area contributed by atoms with E-state index in [4.69, 9.17) is 14.5 Å². The normalized spacial score (nSPS) is 12.5. The lowest BCUT2D eigenvalue weighted by Crippen LogP contribution is -2.25. The van der Waals surface area contributed by atoms with Gasteiger partial charge in [-0.05, 0) is 37.3 Å². The van der Waals surface area contributed by atoms with Gasteiger partial charge in [0, 0.05) is 11.2 Å². The van der Waals surface area contributed by atoms with Crippen molar-refractivity contribution in [2.45, 2.75) is 33.6 Å². The van der Waals surface area contributed by atoms with Gasteiger partial charge in [-0.15, -0.1) is 0 Å². The van der Waals surface area contributed by atoms with Gasteiger partial charge in [-0.3, -0.25) is 0 Å². The fraction of sp³-hybridized carbons (Fsp3) is 0.833. The van der Waals surface area contributed by atoms with Crippen molar-refractivity contribution in [2.75, 3.05) is 25.4 Å². The predicted octanol–water partition coefficient (Wildman–Crippen LogP) is 2.76. The van der Waals surface area contributed by atoms with E-state index in [9.17, 15) is 4.57 Å². The van der Waals surface area contributed by atoms with Crippen LogP contribution in [-0.4, -0.2) is 35.2 Å². The Kier molecular flexibility index (Phi) is 9.03. The highest BCUT2D eigenvalue weighted by molar-refractivity contribution is 8.54. The summed E-state index contributed by atoms with van der Waals surface area (Å²) in [6.45, 7) is 8.31. The minimum Gasteiger partial charge on any atom is -0.497 e. The zero-order valence-electron chi connectivity index (χ0n) is 12.0. The number of ether oxygens (including phenoxy) is 1. The largest absolute Gasteiger partial charge is 0.497 e. The van der Waals surface area contributed by atoms with Gasteiger partial charge >= 0.3 is 6.80 Å². The smallest absolute Gasteiger partial charge is 0.384 e. The monoisotopic (exact) mass is 311 g/mol. The lowest BCUT2D eigenvalue weighted by molar-refractivity contribution is 0.152. The highest BCUT2D eigenvalue weighted by atomic mass is 32.7. The number of hydrogen-bond acceptors (Lipinski definition) is 4. The second-order valence-electron chi connectivity index (χ2n) is 4.98. The molecule has 0 saturated carbocycles. The SMILES string of the molecule is C=C(OCCSP(=O)(O)O)C(C)(C)CCNCCC. The Bertz CT molecular complexity index is 317. The molecule has 0 heterocycles. The van der Waals surface area contributed by atoms with Gasteiger partial charge in [0.05, 0.1) is 12.4 Å². The van der Waals surface area contributed by atoms with Crippen LogP contribution in [0.4, 0.5) is 0 Å². The van der Waals surface area contributed by atoms with Crippen molar-refractivity contribution < 1.29 is 19.1 Å². The lowest BCUT2D eigenvalue weighted by atomic mass is 9.87. The lowest BCUT2D eigenvalue weighted by Gasteiger charge is -2.27. The second kappa shape index (κ2) is 9.03. The Morgan fingerprint density at radius 2 is 2.05 bits per heavy atom. The van der Waals surface area contributed by atoms with Crippen LogP contribution in [-0.2, 0) is 9.30 Å². The summed E-state index contributed by atoms with van der Waals surface area (Å²) < 4.78 is 16.1. The van der Waals surface area contributed by atoms with Gasteiger partial charge in [0.15, 0.2) is 0 Å². The fourth-order valence-electron chi connectivity index (χ4n) is 1.36. The summed E-state index contributed by atoms with van der Waals surface area (Å²) >= 11 is 0.599. The molecular formula is C12H26NO4PS. The van der Waals surface area contributed by atoms with Gasteiger partial charge in [0.2, 0.25) is 0 Å². The molecule has 114 valence electrons. The Labute approximate surface area is 120 Å². The van der Waals surface area contributed by atoms with Crippen molar-refractivity contribution in [3.63, 3.8) is 0 Å². The highest BCUT2D eigenvalue weighted by Crippen LogP contribution is 2.49. The first-order chi connectivity index (χ1) is 8.69. The fourth-order valence-corrected chi connectivity index (χ4v) is 2.69. The number of hydrogen-bond donors (Lipinski definition) is 3. The molecular weight excluding hydrogens is 285 g/mol. The summed E-state index contributed by atoms with van der Waals surface area (Å²) in [6.07, 6.45) is 2.02. The van der Waals surface area contributed by atoms with Crippen molar-refractivity contribution in [2.24, 2.45) is 5.41 Å². The van der Waals surface area contributed by atoms with Gasteiger partial charge in [-0.2, -0.15) is 0 Å². The standard InChI is InChI=1S/C12H26NO4PS/c1-5-7-13-8-6-12(3,4)11(2)17-9-10-19-18(14,15)16/h13H,2,5-10H2,1,3-4H3,(H2,14,15,16). The maximum absolute atomic E-state index is 10.6. The Hall–Kier alpha value is -0.0000000000000000694. The van der Waals surface area contributed by atoms with Crippen LogP contribution in [0, 0.1) is 5.41 Å². The summed E-state index contributed by atoms with van der Waals surface area (Å²) in [5.74, 6) is 0.921. The van der Waals surface area contributed by atoms with Gasteiger partial charge in [0.1, 0.15) is 0 Å². The van der Waals surface area contributed by atoms with E-state index in [2.05, 4.69) is 32.7 Å². The minimum absolute atomic E-state index is 0.145. The summed E-state index contributed by atoms with van der Waals surface area (Å²) in [6, 6.07) is 0. The summed E-state index contributed by atoms with van der Waals surface area (Å²) in [5, 5.41) is 3.33. The zero-order valence-corrected chi connectivity index (χ0v) is 13.7. The van der Waals surface area contributed by atoms with Crippen molar-refractivity contribution in [3.05, 3.63) is 12.3 Å².